The maximum Gasteiger partial charge on any atom is 0.335 e. The molecule has 2 rings (SSSR count). The molecule has 0 bridgehead atoms. The first kappa shape index (κ1) is 15.9. The summed E-state index contributed by atoms with van der Waals surface area (Å²) >= 11 is 1.77. The van der Waals surface area contributed by atoms with Crippen molar-refractivity contribution in [3.63, 3.8) is 0 Å². The zero-order valence-electron chi connectivity index (χ0n) is 11.8. The molecular formula is C15H20N2O3S. The largest absolute Gasteiger partial charge is 0.478 e. The van der Waals surface area contributed by atoms with Crippen LogP contribution in [0.4, 0.5) is 0 Å². The molecule has 1 atom stereocenters. The van der Waals surface area contributed by atoms with E-state index in [0.29, 0.717) is 10.8 Å². The van der Waals surface area contributed by atoms with Gasteiger partial charge in [-0.3, -0.25) is 4.79 Å². The van der Waals surface area contributed by atoms with E-state index in [-0.39, 0.29) is 12.5 Å². The second kappa shape index (κ2) is 7.47. The fourth-order valence-corrected chi connectivity index (χ4v) is 3.66. The van der Waals surface area contributed by atoms with Crippen molar-refractivity contribution in [2.45, 2.75) is 23.8 Å². The lowest BCUT2D eigenvalue weighted by Gasteiger charge is -2.32. The highest BCUT2D eigenvalue weighted by Gasteiger charge is 2.23. The van der Waals surface area contributed by atoms with Gasteiger partial charge in [-0.2, -0.15) is 11.8 Å². The van der Waals surface area contributed by atoms with Gasteiger partial charge in [-0.05, 0) is 30.5 Å². The molecule has 1 aromatic carbocycles. The van der Waals surface area contributed by atoms with Gasteiger partial charge in [-0.1, -0.05) is 12.1 Å². The van der Waals surface area contributed by atoms with Crippen LogP contribution in [0.5, 0.6) is 0 Å². The van der Waals surface area contributed by atoms with Crippen LogP contribution in [0.15, 0.2) is 24.3 Å². The Labute approximate surface area is 128 Å². The van der Waals surface area contributed by atoms with Crippen molar-refractivity contribution in [2.24, 2.45) is 5.73 Å². The molecular weight excluding hydrogens is 288 g/mol. The van der Waals surface area contributed by atoms with Crippen molar-refractivity contribution in [1.82, 2.24) is 4.90 Å². The predicted molar refractivity (Wildman–Crippen MR) is 83.4 cm³/mol. The van der Waals surface area contributed by atoms with Crippen molar-refractivity contribution < 1.29 is 14.7 Å². The van der Waals surface area contributed by atoms with Gasteiger partial charge in [0, 0.05) is 24.1 Å². The van der Waals surface area contributed by atoms with Crippen LogP contribution in [0.1, 0.15) is 28.8 Å². The lowest BCUT2D eigenvalue weighted by atomic mass is 10.1. The molecule has 1 aliphatic rings. The number of carboxylic acid groups (broad SMARTS) is 1. The van der Waals surface area contributed by atoms with Crippen LogP contribution in [0.3, 0.4) is 0 Å². The number of rotatable bonds is 5. The van der Waals surface area contributed by atoms with Crippen LogP contribution >= 0.6 is 11.8 Å². The molecule has 1 saturated heterocycles. The van der Waals surface area contributed by atoms with E-state index in [1.807, 2.05) is 11.0 Å². The molecule has 1 heterocycles. The molecule has 0 radical (unpaired) electrons. The van der Waals surface area contributed by atoms with Gasteiger partial charge in [0.05, 0.1) is 12.1 Å². The van der Waals surface area contributed by atoms with Crippen molar-refractivity contribution in [1.29, 1.82) is 0 Å². The van der Waals surface area contributed by atoms with Gasteiger partial charge in [0.25, 0.3) is 0 Å². The summed E-state index contributed by atoms with van der Waals surface area (Å²) in [6, 6.07) is 7.01. The molecule has 1 fully saturated rings. The third kappa shape index (κ3) is 4.47. The molecule has 1 aromatic rings. The van der Waals surface area contributed by atoms with Crippen molar-refractivity contribution in [3.05, 3.63) is 35.4 Å². The van der Waals surface area contributed by atoms with Crippen LogP contribution in [0.25, 0.3) is 0 Å². The molecule has 0 spiro atoms. The maximum absolute atomic E-state index is 11.6. The predicted octanol–water partition coefficient (Wildman–Crippen LogP) is 1.57. The van der Waals surface area contributed by atoms with E-state index < -0.39 is 5.97 Å². The quantitative estimate of drug-likeness (QED) is 0.862. The first-order valence-corrected chi connectivity index (χ1v) is 8.06. The summed E-state index contributed by atoms with van der Waals surface area (Å²) in [4.78, 5) is 24.4. The minimum absolute atomic E-state index is 0.00757. The molecule has 3 N–H and O–H groups in total. The van der Waals surface area contributed by atoms with Crippen molar-refractivity contribution in [2.75, 3.05) is 19.6 Å². The molecule has 6 heteroatoms. The normalized spacial score (nSPS) is 18.5. The molecule has 1 amide bonds. The van der Waals surface area contributed by atoms with E-state index in [4.69, 9.17) is 10.8 Å². The summed E-state index contributed by atoms with van der Waals surface area (Å²) in [5.41, 5.74) is 6.72. The zero-order chi connectivity index (χ0) is 15.2. The van der Waals surface area contributed by atoms with E-state index in [1.54, 1.807) is 30.0 Å². The van der Waals surface area contributed by atoms with E-state index >= 15 is 0 Å². The molecule has 21 heavy (non-hydrogen) atoms. The smallest absolute Gasteiger partial charge is 0.335 e. The van der Waals surface area contributed by atoms with Crippen molar-refractivity contribution >= 4 is 23.6 Å². The molecule has 0 saturated carbocycles. The van der Waals surface area contributed by atoms with E-state index in [0.717, 1.165) is 37.2 Å². The van der Waals surface area contributed by atoms with Gasteiger partial charge in [-0.25, -0.2) is 4.79 Å². The number of piperidine rings is 1. The summed E-state index contributed by atoms with van der Waals surface area (Å²) in [6.07, 6.45) is 2.08. The first-order valence-electron chi connectivity index (χ1n) is 7.02. The number of aromatic carboxylic acids is 1. The highest BCUT2D eigenvalue weighted by molar-refractivity contribution is 7.99. The molecule has 5 nitrogen and oxygen atoms in total. The number of hydrogen-bond donors (Lipinski definition) is 2. The fraction of sp³-hybridized carbons (Fsp3) is 0.467. The molecule has 114 valence electrons. The van der Waals surface area contributed by atoms with E-state index in [1.165, 1.54) is 0 Å². The number of benzene rings is 1. The SMILES string of the molecule is NCC(=O)N1CCCC(SCc2cccc(C(=O)O)c2)C1. The Bertz CT molecular complexity index is 521. The van der Waals surface area contributed by atoms with Gasteiger partial charge < -0.3 is 15.7 Å². The highest BCUT2D eigenvalue weighted by Crippen LogP contribution is 2.26. The van der Waals surface area contributed by atoms with Crippen LogP contribution < -0.4 is 5.73 Å². The number of thioether (sulfide) groups is 1. The number of carbonyl (C=O) groups is 2. The number of likely N-dealkylation sites (tertiary alicyclic amines) is 1. The van der Waals surface area contributed by atoms with Gasteiger partial charge in [0.15, 0.2) is 0 Å². The third-order valence-electron chi connectivity index (χ3n) is 3.57. The summed E-state index contributed by atoms with van der Waals surface area (Å²) < 4.78 is 0. The van der Waals surface area contributed by atoms with Gasteiger partial charge in [0.2, 0.25) is 5.91 Å². The molecule has 0 aliphatic carbocycles. The Morgan fingerprint density at radius 1 is 1.43 bits per heavy atom. The lowest BCUT2D eigenvalue weighted by molar-refractivity contribution is -0.130. The average Bonchev–Trinajstić information content (AvgIpc) is 2.52. The lowest BCUT2D eigenvalue weighted by Crippen LogP contribution is -2.43. The summed E-state index contributed by atoms with van der Waals surface area (Å²) in [7, 11) is 0. The highest BCUT2D eigenvalue weighted by atomic mass is 32.2. The Morgan fingerprint density at radius 2 is 2.24 bits per heavy atom. The van der Waals surface area contributed by atoms with Crippen LogP contribution in [-0.2, 0) is 10.5 Å². The number of hydrogen-bond acceptors (Lipinski definition) is 4. The Balaban J connectivity index is 1.89. The van der Waals surface area contributed by atoms with Crippen LogP contribution in [0, 0.1) is 0 Å². The summed E-state index contributed by atoms with van der Waals surface area (Å²) in [5, 5.41) is 9.38. The topological polar surface area (TPSA) is 83.6 Å². The van der Waals surface area contributed by atoms with Gasteiger partial charge in [-0.15, -0.1) is 0 Å². The maximum atomic E-state index is 11.6. The summed E-state index contributed by atoms with van der Waals surface area (Å²) in [5.74, 6) is -0.136. The van der Waals surface area contributed by atoms with E-state index in [9.17, 15) is 9.59 Å². The first-order chi connectivity index (χ1) is 10.1. The number of nitrogens with two attached hydrogens (primary N) is 1. The van der Waals surface area contributed by atoms with Gasteiger partial charge >= 0.3 is 5.97 Å². The molecule has 0 aromatic heterocycles. The Hall–Kier alpha value is -1.53. The third-order valence-corrected chi connectivity index (χ3v) is 4.92. The second-order valence-corrected chi connectivity index (χ2v) is 6.41. The Kier molecular flexibility index (Phi) is 5.64. The molecule has 1 unspecified atom stereocenters. The number of amides is 1. The molecule has 1 aliphatic heterocycles. The average molecular weight is 308 g/mol. The Morgan fingerprint density at radius 3 is 2.95 bits per heavy atom. The second-order valence-electron chi connectivity index (χ2n) is 5.12. The fourth-order valence-electron chi connectivity index (χ4n) is 2.44. The monoisotopic (exact) mass is 308 g/mol. The number of carboxylic acids is 1. The minimum Gasteiger partial charge on any atom is -0.478 e. The van der Waals surface area contributed by atoms with Gasteiger partial charge in [0.1, 0.15) is 0 Å². The number of carbonyl (C=O) groups excluding carboxylic acids is 1. The van der Waals surface area contributed by atoms with E-state index in [2.05, 4.69) is 0 Å². The summed E-state index contributed by atoms with van der Waals surface area (Å²) in [6.45, 7) is 1.60. The van der Waals surface area contributed by atoms with Crippen molar-refractivity contribution in [3.8, 4) is 0 Å². The van der Waals surface area contributed by atoms with Crippen LogP contribution in [0.2, 0.25) is 0 Å². The zero-order valence-corrected chi connectivity index (χ0v) is 12.6. The standard InChI is InChI=1S/C15H20N2O3S/c16-8-14(18)17-6-2-5-13(9-17)21-10-11-3-1-4-12(7-11)15(19)20/h1,3-4,7,13H,2,5-6,8-10,16H2,(H,19,20). The minimum atomic E-state index is -0.903. The van der Waals surface area contributed by atoms with Crippen LogP contribution in [-0.4, -0.2) is 46.8 Å². The number of nitrogens with zero attached hydrogens (tertiary/aromatic N) is 1.